The number of benzene rings is 2. The van der Waals surface area contributed by atoms with E-state index >= 15 is 0 Å². The number of thiazole rings is 1. The van der Waals surface area contributed by atoms with Crippen LogP contribution in [-0.4, -0.2) is 49.2 Å². The molecular formula is C27H18N6O3S2. The maximum Gasteiger partial charge on any atom is 0.306 e. The van der Waals surface area contributed by atoms with Gasteiger partial charge in [-0.3, -0.25) is 19.3 Å². The van der Waals surface area contributed by atoms with Crippen LogP contribution in [0.15, 0.2) is 79.0 Å². The van der Waals surface area contributed by atoms with E-state index in [1.807, 2.05) is 60.7 Å². The van der Waals surface area contributed by atoms with Crippen molar-refractivity contribution in [2.75, 3.05) is 22.5 Å². The number of aromatic nitrogens is 4. The summed E-state index contributed by atoms with van der Waals surface area (Å²) in [5, 5.41) is 3.11. The summed E-state index contributed by atoms with van der Waals surface area (Å²) in [5.74, 6) is -0.227. The molecule has 2 aromatic carbocycles. The maximum atomic E-state index is 13.5. The number of nitrogens with zero attached hydrogens (tertiary/aromatic N) is 5. The highest BCUT2D eigenvalue weighted by molar-refractivity contribution is 8.15. The van der Waals surface area contributed by atoms with Gasteiger partial charge in [-0.2, -0.15) is 0 Å². The first-order valence-electron chi connectivity index (χ1n) is 11.6. The van der Waals surface area contributed by atoms with Crippen molar-refractivity contribution >= 4 is 61.9 Å². The average molecular weight is 539 g/mol. The lowest BCUT2D eigenvalue weighted by Crippen LogP contribution is -2.42. The van der Waals surface area contributed by atoms with Crippen LogP contribution in [-0.2, 0) is 9.59 Å². The standard InChI is InChI=1S/C27H18N6O3S2/c34-23(30-18-10-5-4-9-17(18)24-31-19-11-6-12-28-25(19)38-24)20-15-21(33-13-14-37-27(36)26(33)35)32-22(29-20)16-7-2-1-3-8-16/h1-12,15H,13-14H2,(H,30,34). The molecule has 0 unspecified atom stereocenters. The van der Waals surface area contributed by atoms with E-state index in [-0.39, 0.29) is 17.3 Å². The number of fused-ring (bicyclic) bond motifs is 1. The summed E-state index contributed by atoms with van der Waals surface area (Å²) in [6.45, 7) is 0.302. The van der Waals surface area contributed by atoms with Crippen LogP contribution in [0.4, 0.5) is 11.5 Å². The number of hydrogen-bond donors (Lipinski definition) is 1. The molecule has 6 rings (SSSR count). The van der Waals surface area contributed by atoms with Gasteiger partial charge in [0.15, 0.2) is 5.82 Å². The van der Waals surface area contributed by atoms with E-state index < -0.39 is 16.9 Å². The Balaban J connectivity index is 1.38. The largest absolute Gasteiger partial charge is 0.320 e. The van der Waals surface area contributed by atoms with E-state index in [1.165, 1.54) is 22.3 Å². The molecule has 11 heteroatoms. The van der Waals surface area contributed by atoms with Crippen LogP contribution in [0, 0.1) is 0 Å². The van der Waals surface area contributed by atoms with Gasteiger partial charge in [0, 0.05) is 35.7 Å². The summed E-state index contributed by atoms with van der Waals surface area (Å²) in [7, 11) is 0. The molecule has 1 saturated heterocycles. The second kappa shape index (κ2) is 10.1. The van der Waals surface area contributed by atoms with Gasteiger partial charge in [0.05, 0.1) is 5.69 Å². The number of carbonyl (C=O) groups is 3. The maximum absolute atomic E-state index is 13.5. The molecule has 1 aliphatic heterocycles. The molecule has 1 aliphatic rings. The fourth-order valence-corrected chi connectivity index (χ4v) is 5.62. The van der Waals surface area contributed by atoms with E-state index in [9.17, 15) is 14.4 Å². The van der Waals surface area contributed by atoms with Gasteiger partial charge in [0.2, 0.25) is 0 Å². The molecule has 4 heterocycles. The first kappa shape index (κ1) is 23.9. The Morgan fingerprint density at radius 1 is 0.921 bits per heavy atom. The second-order valence-corrected chi connectivity index (χ2v) is 10.3. The van der Waals surface area contributed by atoms with Gasteiger partial charge in [-0.1, -0.05) is 65.6 Å². The molecule has 5 aromatic rings. The topological polar surface area (TPSA) is 118 Å². The van der Waals surface area contributed by atoms with Crippen molar-refractivity contribution in [3.63, 3.8) is 0 Å². The second-order valence-electron chi connectivity index (χ2n) is 8.24. The first-order chi connectivity index (χ1) is 18.6. The highest BCUT2D eigenvalue weighted by Gasteiger charge is 2.30. The van der Waals surface area contributed by atoms with Crippen LogP contribution in [0.3, 0.4) is 0 Å². The van der Waals surface area contributed by atoms with E-state index in [2.05, 4.69) is 25.3 Å². The summed E-state index contributed by atoms with van der Waals surface area (Å²) >= 11 is 2.41. The lowest BCUT2D eigenvalue weighted by atomic mass is 10.1. The molecule has 0 saturated carbocycles. The fraction of sp³-hybridized carbons (Fsp3) is 0.0741. The van der Waals surface area contributed by atoms with Crippen molar-refractivity contribution in [1.29, 1.82) is 0 Å². The Morgan fingerprint density at radius 3 is 2.58 bits per heavy atom. The van der Waals surface area contributed by atoms with Crippen LogP contribution >= 0.6 is 23.1 Å². The molecule has 38 heavy (non-hydrogen) atoms. The van der Waals surface area contributed by atoms with Crippen LogP contribution < -0.4 is 10.2 Å². The zero-order valence-electron chi connectivity index (χ0n) is 19.7. The number of para-hydroxylation sites is 1. The minimum Gasteiger partial charge on any atom is -0.320 e. The predicted molar refractivity (Wildman–Crippen MR) is 148 cm³/mol. The third kappa shape index (κ3) is 4.64. The Labute approximate surface area is 225 Å². The quantitative estimate of drug-likeness (QED) is 0.321. The number of rotatable bonds is 5. The van der Waals surface area contributed by atoms with Crippen LogP contribution in [0.2, 0.25) is 0 Å². The molecule has 1 N–H and O–H groups in total. The highest BCUT2D eigenvalue weighted by atomic mass is 32.2. The minimum absolute atomic E-state index is 0.0631. The number of amides is 2. The Kier molecular flexibility index (Phi) is 6.36. The van der Waals surface area contributed by atoms with Crippen LogP contribution in [0.5, 0.6) is 0 Å². The molecule has 1 fully saturated rings. The predicted octanol–water partition coefficient (Wildman–Crippen LogP) is 4.67. The number of nitrogens with one attached hydrogen (secondary N) is 1. The van der Waals surface area contributed by atoms with E-state index in [0.717, 1.165) is 32.7 Å². The van der Waals surface area contributed by atoms with Gasteiger partial charge in [-0.25, -0.2) is 19.9 Å². The van der Waals surface area contributed by atoms with Crippen molar-refractivity contribution in [1.82, 2.24) is 19.9 Å². The molecular weight excluding hydrogens is 520 g/mol. The molecule has 0 atom stereocenters. The van der Waals surface area contributed by atoms with Crippen molar-refractivity contribution < 1.29 is 14.4 Å². The van der Waals surface area contributed by atoms with Crippen LogP contribution in [0.25, 0.3) is 32.3 Å². The summed E-state index contributed by atoms with van der Waals surface area (Å²) in [4.78, 5) is 58.4. The van der Waals surface area contributed by atoms with E-state index in [4.69, 9.17) is 0 Å². The van der Waals surface area contributed by atoms with Crippen molar-refractivity contribution in [2.24, 2.45) is 0 Å². The van der Waals surface area contributed by atoms with E-state index in [1.54, 1.807) is 12.3 Å². The first-order valence-corrected chi connectivity index (χ1v) is 13.4. The molecule has 0 aliphatic carbocycles. The number of carbonyl (C=O) groups excluding carboxylic acids is 3. The Bertz CT molecular complexity index is 1670. The Morgan fingerprint density at radius 2 is 1.74 bits per heavy atom. The zero-order chi connectivity index (χ0) is 26.1. The van der Waals surface area contributed by atoms with E-state index in [0.29, 0.717) is 23.5 Å². The third-order valence-electron chi connectivity index (χ3n) is 5.79. The van der Waals surface area contributed by atoms with Gasteiger partial charge in [-0.05, 0) is 24.3 Å². The third-order valence-corrected chi connectivity index (χ3v) is 7.63. The fourth-order valence-electron chi connectivity index (χ4n) is 3.98. The summed E-state index contributed by atoms with van der Waals surface area (Å²) in [6.07, 6.45) is 1.72. The molecule has 3 aromatic heterocycles. The SMILES string of the molecule is O=C1SCCN(c2cc(C(=O)Nc3ccccc3-c3nc4cccnc4s3)nc(-c3ccccc3)n2)C1=O. The smallest absolute Gasteiger partial charge is 0.306 e. The van der Waals surface area contributed by atoms with Crippen molar-refractivity contribution in [3.05, 3.63) is 84.7 Å². The summed E-state index contributed by atoms with van der Waals surface area (Å²) < 4.78 is 0. The number of hydrogen-bond acceptors (Lipinski definition) is 9. The van der Waals surface area contributed by atoms with Gasteiger partial charge < -0.3 is 5.32 Å². The molecule has 2 amide bonds. The number of pyridine rings is 1. The van der Waals surface area contributed by atoms with Crippen LogP contribution in [0.1, 0.15) is 10.5 Å². The van der Waals surface area contributed by atoms with Gasteiger partial charge in [0.1, 0.15) is 26.9 Å². The molecule has 0 spiro atoms. The lowest BCUT2D eigenvalue weighted by molar-refractivity contribution is -0.131. The van der Waals surface area contributed by atoms with Gasteiger partial charge in [0.25, 0.3) is 11.0 Å². The number of thioether (sulfide) groups is 1. The monoisotopic (exact) mass is 538 g/mol. The molecule has 9 nitrogen and oxygen atoms in total. The summed E-state index contributed by atoms with van der Waals surface area (Å²) in [5.41, 5.74) is 2.82. The summed E-state index contributed by atoms with van der Waals surface area (Å²) in [6, 6.07) is 21.7. The molecule has 0 radical (unpaired) electrons. The molecule has 0 bridgehead atoms. The minimum atomic E-state index is -0.667. The average Bonchev–Trinajstić information content (AvgIpc) is 3.39. The number of anilines is 2. The van der Waals surface area contributed by atoms with Gasteiger partial charge in [-0.15, -0.1) is 0 Å². The lowest BCUT2D eigenvalue weighted by Gasteiger charge is -2.24. The normalized spacial score (nSPS) is 13.6. The Hall–Kier alpha value is -4.48. The molecule has 186 valence electrons. The van der Waals surface area contributed by atoms with Gasteiger partial charge >= 0.3 is 5.91 Å². The highest BCUT2D eigenvalue weighted by Crippen LogP contribution is 2.34. The van der Waals surface area contributed by atoms with Crippen molar-refractivity contribution in [2.45, 2.75) is 0 Å². The zero-order valence-corrected chi connectivity index (χ0v) is 21.3. The van der Waals surface area contributed by atoms with Crippen molar-refractivity contribution in [3.8, 4) is 22.0 Å².